The van der Waals surface area contributed by atoms with Gasteiger partial charge in [-0.3, -0.25) is 4.98 Å². The van der Waals surface area contributed by atoms with E-state index in [4.69, 9.17) is 11.6 Å². The largest absolute Gasteiger partial charge is 0.416 e. The van der Waals surface area contributed by atoms with Gasteiger partial charge in [-0.1, -0.05) is 17.7 Å². The van der Waals surface area contributed by atoms with Crippen LogP contribution in [0.5, 0.6) is 0 Å². The van der Waals surface area contributed by atoms with E-state index in [1.807, 2.05) is 0 Å². The molecular formula is C10H4BrClF3N. The van der Waals surface area contributed by atoms with Crippen molar-refractivity contribution in [3.63, 3.8) is 0 Å². The summed E-state index contributed by atoms with van der Waals surface area (Å²) < 4.78 is 37.8. The van der Waals surface area contributed by atoms with Crippen molar-refractivity contribution < 1.29 is 13.2 Å². The lowest BCUT2D eigenvalue weighted by atomic mass is 10.1. The first-order chi connectivity index (χ1) is 7.39. The molecule has 0 unspecified atom stereocenters. The minimum atomic E-state index is -4.36. The molecule has 0 spiro atoms. The van der Waals surface area contributed by atoms with Gasteiger partial charge in [-0.05, 0) is 28.1 Å². The SMILES string of the molecule is FC(F)(F)c1ccc2c(Br)c(Cl)cnc2c1. The van der Waals surface area contributed by atoms with Crippen LogP contribution in [0.3, 0.4) is 0 Å². The molecule has 84 valence electrons. The summed E-state index contributed by atoms with van der Waals surface area (Å²) >= 11 is 8.99. The average molecular weight is 310 g/mol. The highest BCUT2D eigenvalue weighted by Gasteiger charge is 2.30. The maximum Gasteiger partial charge on any atom is 0.416 e. The predicted molar refractivity (Wildman–Crippen MR) is 59.5 cm³/mol. The first-order valence-corrected chi connectivity index (χ1v) is 5.37. The van der Waals surface area contributed by atoms with Crippen LogP contribution in [0.2, 0.25) is 5.02 Å². The van der Waals surface area contributed by atoms with Gasteiger partial charge in [0, 0.05) is 16.1 Å². The summed E-state index contributed by atoms with van der Waals surface area (Å²) in [5, 5.41) is 0.924. The van der Waals surface area contributed by atoms with Crippen LogP contribution < -0.4 is 0 Å². The lowest BCUT2D eigenvalue weighted by Crippen LogP contribution is -2.04. The summed E-state index contributed by atoms with van der Waals surface area (Å²) in [6.07, 6.45) is -3.05. The van der Waals surface area contributed by atoms with E-state index in [9.17, 15) is 13.2 Å². The van der Waals surface area contributed by atoms with Gasteiger partial charge in [0.1, 0.15) is 0 Å². The van der Waals surface area contributed by atoms with Gasteiger partial charge in [0.2, 0.25) is 0 Å². The third kappa shape index (κ3) is 2.01. The van der Waals surface area contributed by atoms with Gasteiger partial charge in [0.05, 0.1) is 16.1 Å². The number of halogens is 5. The quantitative estimate of drug-likeness (QED) is 0.689. The Balaban J connectivity index is 2.70. The second-order valence-corrected chi connectivity index (χ2v) is 4.35. The molecule has 1 heterocycles. The van der Waals surface area contributed by atoms with Crippen molar-refractivity contribution in [2.75, 3.05) is 0 Å². The number of benzene rings is 1. The molecule has 1 nitrogen and oxygen atoms in total. The third-order valence-electron chi connectivity index (χ3n) is 2.09. The summed E-state index contributed by atoms with van der Waals surface area (Å²) in [5.74, 6) is 0. The fourth-order valence-corrected chi connectivity index (χ4v) is 1.90. The topological polar surface area (TPSA) is 12.9 Å². The highest BCUT2D eigenvalue weighted by atomic mass is 79.9. The third-order valence-corrected chi connectivity index (χ3v) is 3.46. The van der Waals surface area contributed by atoms with Crippen LogP contribution in [0.25, 0.3) is 10.9 Å². The molecule has 0 saturated heterocycles. The van der Waals surface area contributed by atoms with E-state index in [0.29, 0.717) is 14.9 Å². The molecule has 0 N–H and O–H groups in total. The molecule has 0 radical (unpaired) electrons. The number of nitrogens with zero attached hydrogens (tertiary/aromatic N) is 1. The molecule has 1 aromatic carbocycles. The molecule has 0 saturated carbocycles. The Labute approximate surface area is 102 Å². The van der Waals surface area contributed by atoms with Crippen LogP contribution >= 0.6 is 27.5 Å². The summed E-state index contributed by atoms with van der Waals surface area (Å²) in [5.41, 5.74) is -0.465. The Morgan fingerprint density at radius 3 is 2.56 bits per heavy atom. The highest BCUT2D eigenvalue weighted by Crippen LogP contribution is 2.34. The summed E-state index contributed by atoms with van der Waals surface area (Å²) in [6, 6.07) is 3.35. The molecule has 16 heavy (non-hydrogen) atoms. The molecule has 0 bridgehead atoms. The van der Waals surface area contributed by atoms with Crippen molar-refractivity contribution in [2.24, 2.45) is 0 Å². The minimum absolute atomic E-state index is 0.256. The number of fused-ring (bicyclic) bond motifs is 1. The maximum absolute atomic E-state index is 12.4. The lowest BCUT2D eigenvalue weighted by Gasteiger charge is -2.08. The zero-order valence-electron chi connectivity index (χ0n) is 7.65. The molecule has 2 aromatic rings. The molecule has 2 rings (SSSR count). The Hall–Kier alpha value is -0.810. The number of alkyl halides is 3. The van der Waals surface area contributed by atoms with Crippen molar-refractivity contribution in [1.82, 2.24) is 4.98 Å². The van der Waals surface area contributed by atoms with Crippen LogP contribution in [0, 0.1) is 0 Å². The second kappa shape index (κ2) is 3.89. The van der Waals surface area contributed by atoms with Crippen LogP contribution in [0.1, 0.15) is 5.56 Å². The Morgan fingerprint density at radius 2 is 1.94 bits per heavy atom. The zero-order chi connectivity index (χ0) is 11.9. The summed E-state index contributed by atoms with van der Waals surface area (Å²) in [7, 11) is 0. The molecule has 0 aliphatic rings. The summed E-state index contributed by atoms with van der Waals surface area (Å²) in [6.45, 7) is 0. The van der Waals surface area contributed by atoms with E-state index in [1.54, 1.807) is 0 Å². The normalized spacial score (nSPS) is 12.1. The zero-order valence-corrected chi connectivity index (χ0v) is 9.99. The van der Waals surface area contributed by atoms with E-state index in [-0.39, 0.29) is 5.52 Å². The molecule has 1 aromatic heterocycles. The number of aromatic nitrogens is 1. The fraction of sp³-hybridized carbons (Fsp3) is 0.100. The van der Waals surface area contributed by atoms with Crippen molar-refractivity contribution in [2.45, 2.75) is 6.18 Å². The monoisotopic (exact) mass is 309 g/mol. The smallest absolute Gasteiger partial charge is 0.255 e. The van der Waals surface area contributed by atoms with E-state index in [2.05, 4.69) is 20.9 Å². The van der Waals surface area contributed by atoms with Crippen LogP contribution in [0.15, 0.2) is 28.9 Å². The van der Waals surface area contributed by atoms with Crippen molar-refractivity contribution in [3.8, 4) is 0 Å². The van der Waals surface area contributed by atoms with Gasteiger partial charge < -0.3 is 0 Å². The minimum Gasteiger partial charge on any atom is -0.255 e. The van der Waals surface area contributed by atoms with Crippen LogP contribution in [0.4, 0.5) is 13.2 Å². The van der Waals surface area contributed by atoms with Gasteiger partial charge in [-0.2, -0.15) is 13.2 Å². The molecular weight excluding hydrogens is 306 g/mol. The first kappa shape index (κ1) is 11.7. The first-order valence-electron chi connectivity index (χ1n) is 4.20. The number of pyridine rings is 1. The van der Waals surface area contributed by atoms with Crippen molar-refractivity contribution >= 4 is 38.4 Å². The average Bonchev–Trinajstić information content (AvgIpc) is 2.22. The van der Waals surface area contributed by atoms with Gasteiger partial charge in [-0.25, -0.2) is 0 Å². The number of rotatable bonds is 0. The Morgan fingerprint density at radius 1 is 1.25 bits per heavy atom. The number of hydrogen-bond acceptors (Lipinski definition) is 1. The molecule has 0 aliphatic carbocycles. The molecule has 6 heteroatoms. The Kier molecular flexibility index (Phi) is 2.84. The molecule has 0 aliphatic heterocycles. The van der Waals surface area contributed by atoms with Gasteiger partial charge >= 0.3 is 6.18 Å². The van der Waals surface area contributed by atoms with Gasteiger partial charge in [0.25, 0.3) is 0 Å². The second-order valence-electron chi connectivity index (χ2n) is 3.15. The molecule has 0 atom stereocenters. The maximum atomic E-state index is 12.4. The lowest BCUT2D eigenvalue weighted by molar-refractivity contribution is -0.137. The Bertz CT molecular complexity index is 553. The number of hydrogen-bond donors (Lipinski definition) is 0. The van der Waals surface area contributed by atoms with E-state index in [0.717, 1.165) is 12.1 Å². The standard InChI is InChI=1S/C10H4BrClF3N/c11-9-6-2-1-5(10(13,14)15)3-8(6)16-4-7(9)12/h1-4H. The van der Waals surface area contributed by atoms with E-state index >= 15 is 0 Å². The van der Waals surface area contributed by atoms with E-state index in [1.165, 1.54) is 12.3 Å². The van der Waals surface area contributed by atoms with Crippen LogP contribution in [-0.4, -0.2) is 4.98 Å². The van der Waals surface area contributed by atoms with Gasteiger partial charge in [0.15, 0.2) is 0 Å². The van der Waals surface area contributed by atoms with Gasteiger partial charge in [-0.15, -0.1) is 0 Å². The highest BCUT2D eigenvalue weighted by molar-refractivity contribution is 9.10. The van der Waals surface area contributed by atoms with Crippen LogP contribution in [-0.2, 0) is 6.18 Å². The predicted octanol–water partition coefficient (Wildman–Crippen LogP) is 4.67. The summed E-state index contributed by atoms with van der Waals surface area (Å²) in [4.78, 5) is 3.85. The fourth-order valence-electron chi connectivity index (χ4n) is 1.31. The van der Waals surface area contributed by atoms with E-state index < -0.39 is 11.7 Å². The molecule has 0 fully saturated rings. The molecule has 0 amide bonds. The van der Waals surface area contributed by atoms with Crippen molar-refractivity contribution in [3.05, 3.63) is 39.5 Å². The van der Waals surface area contributed by atoms with Crippen molar-refractivity contribution in [1.29, 1.82) is 0 Å².